The molecule has 1 amide bonds. The van der Waals surface area contributed by atoms with Gasteiger partial charge >= 0.3 is 0 Å². The molecule has 7 nitrogen and oxygen atoms in total. The predicted molar refractivity (Wildman–Crippen MR) is 130 cm³/mol. The van der Waals surface area contributed by atoms with Crippen LogP contribution < -0.4 is 10.1 Å². The zero-order valence-corrected chi connectivity index (χ0v) is 19.8. The van der Waals surface area contributed by atoms with Crippen molar-refractivity contribution in [1.82, 2.24) is 19.7 Å². The Morgan fingerprint density at radius 3 is 2.44 bits per heavy atom. The van der Waals surface area contributed by atoms with Crippen LogP contribution in [0.1, 0.15) is 51.7 Å². The van der Waals surface area contributed by atoms with Gasteiger partial charge in [-0.2, -0.15) is 9.78 Å². The largest absolute Gasteiger partial charge is 0.489 e. The zero-order chi connectivity index (χ0) is 23.8. The Hall–Kier alpha value is -4.00. The van der Waals surface area contributed by atoms with Crippen molar-refractivity contribution in [3.8, 4) is 11.7 Å². The lowest BCUT2D eigenvalue weighted by atomic mass is 9.86. The zero-order valence-electron chi connectivity index (χ0n) is 19.8. The Morgan fingerprint density at radius 1 is 1.00 bits per heavy atom. The van der Waals surface area contributed by atoms with Gasteiger partial charge < -0.3 is 10.1 Å². The SMILES string of the molecule is Cc1cccc(COc2ccc(C3CC(=O)Nc4c3c(C)nn4-c3nc(C)cc(C)n3)cc2)c1. The maximum atomic E-state index is 12.7. The van der Waals surface area contributed by atoms with Gasteiger partial charge in [-0.15, -0.1) is 0 Å². The van der Waals surface area contributed by atoms with E-state index in [4.69, 9.17) is 9.84 Å². The van der Waals surface area contributed by atoms with Crippen molar-refractivity contribution < 1.29 is 9.53 Å². The fourth-order valence-corrected chi connectivity index (χ4v) is 4.54. The summed E-state index contributed by atoms with van der Waals surface area (Å²) in [6.45, 7) is 8.39. The van der Waals surface area contributed by atoms with Gasteiger partial charge in [0.05, 0.1) is 5.69 Å². The molecule has 172 valence electrons. The van der Waals surface area contributed by atoms with Crippen molar-refractivity contribution in [2.75, 3.05) is 5.32 Å². The molecule has 0 spiro atoms. The Balaban J connectivity index is 1.43. The van der Waals surface area contributed by atoms with Crippen molar-refractivity contribution in [2.45, 2.75) is 46.6 Å². The van der Waals surface area contributed by atoms with Crippen molar-refractivity contribution in [3.63, 3.8) is 0 Å². The molecule has 4 aromatic rings. The number of benzene rings is 2. The number of nitrogens with zero attached hydrogens (tertiary/aromatic N) is 4. The minimum atomic E-state index is -0.103. The molecule has 1 aliphatic heterocycles. The van der Waals surface area contributed by atoms with E-state index in [1.807, 2.05) is 57.2 Å². The molecule has 5 rings (SSSR count). The van der Waals surface area contributed by atoms with Gasteiger partial charge in [0.2, 0.25) is 5.91 Å². The third-order valence-corrected chi connectivity index (χ3v) is 6.03. The summed E-state index contributed by atoms with van der Waals surface area (Å²) >= 11 is 0. The molecule has 1 unspecified atom stereocenters. The van der Waals surface area contributed by atoms with Gasteiger partial charge in [0.1, 0.15) is 18.2 Å². The number of rotatable bonds is 5. The van der Waals surface area contributed by atoms with Crippen LogP contribution in [0.4, 0.5) is 5.82 Å². The number of aryl methyl sites for hydroxylation is 4. The summed E-state index contributed by atoms with van der Waals surface area (Å²) in [7, 11) is 0. The molecular weight excluding hydrogens is 426 g/mol. The van der Waals surface area contributed by atoms with Gasteiger partial charge in [0, 0.05) is 29.3 Å². The molecule has 0 fully saturated rings. The quantitative estimate of drug-likeness (QED) is 0.462. The Kier molecular flexibility index (Phi) is 5.61. The molecule has 0 radical (unpaired) electrons. The first kappa shape index (κ1) is 21.8. The maximum Gasteiger partial charge on any atom is 0.252 e. The minimum Gasteiger partial charge on any atom is -0.489 e. The van der Waals surface area contributed by atoms with E-state index >= 15 is 0 Å². The first-order chi connectivity index (χ1) is 16.4. The second-order valence-corrected chi connectivity index (χ2v) is 8.86. The average Bonchev–Trinajstić information content (AvgIpc) is 3.13. The number of anilines is 1. The molecule has 1 aliphatic rings. The highest BCUT2D eigenvalue weighted by atomic mass is 16.5. The Bertz CT molecular complexity index is 1350. The molecule has 1 N–H and O–H groups in total. The van der Waals surface area contributed by atoms with Crippen LogP contribution in [0.15, 0.2) is 54.6 Å². The van der Waals surface area contributed by atoms with Gasteiger partial charge in [-0.1, -0.05) is 42.0 Å². The third-order valence-electron chi connectivity index (χ3n) is 6.03. The number of hydrogen-bond acceptors (Lipinski definition) is 5. The number of nitrogens with one attached hydrogen (secondary N) is 1. The molecule has 2 aromatic heterocycles. The normalized spacial score (nSPS) is 15.1. The summed E-state index contributed by atoms with van der Waals surface area (Å²) < 4.78 is 7.62. The van der Waals surface area contributed by atoms with E-state index in [2.05, 4.69) is 40.4 Å². The molecule has 1 atom stereocenters. The van der Waals surface area contributed by atoms with Gasteiger partial charge in [-0.3, -0.25) is 4.79 Å². The van der Waals surface area contributed by atoms with E-state index < -0.39 is 0 Å². The second kappa shape index (κ2) is 8.74. The van der Waals surface area contributed by atoms with E-state index in [1.54, 1.807) is 4.68 Å². The van der Waals surface area contributed by atoms with Crippen molar-refractivity contribution >= 4 is 11.7 Å². The number of aromatic nitrogens is 4. The van der Waals surface area contributed by atoms with Crippen LogP contribution in [0.3, 0.4) is 0 Å². The lowest BCUT2D eigenvalue weighted by Crippen LogP contribution is -2.25. The predicted octanol–water partition coefficient (Wildman–Crippen LogP) is 4.95. The maximum absolute atomic E-state index is 12.7. The number of carbonyl (C=O) groups is 1. The topological polar surface area (TPSA) is 81.9 Å². The van der Waals surface area contributed by atoms with Crippen LogP contribution in [0, 0.1) is 27.7 Å². The molecule has 0 saturated heterocycles. The summed E-state index contributed by atoms with van der Waals surface area (Å²) in [5.41, 5.74) is 6.94. The third kappa shape index (κ3) is 4.29. The molecular formula is C27H27N5O2. The number of carbonyl (C=O) groups excluding carboxylic acids is 1. The lowest BCUT2D eigenvalue weighted by molar-refractivity contribution is -0.116. The summed E-state index contributed by atoms with van der Waals surface area (Å²) in [6.07, 6.45) is 0.358. The molecule has 7 heteroatoms. The van der Waals surface area contributed by atoms with Gasteiger partial charge in [-0.05, 0) is 57.0 Å². The highest BCUT2D eigenvalue weighted by molar-refractivity contribution is 5.95. The van der Waals surface area contributed by atoms with Gasteiger partial charge in [0.15, 0.2) is 0 Å². The van der Waals surface area contributed by atoms with Crippen molar-refractivity contribution in [2.24, 2.45) is 0 Å². The fraction of sp³-hybridized carbons (Fsp3) is 0.259. The monoisotopic (exact) mass is 453 g/mol. The van der Waals surface area contributed by atoms with Crippen LogP contribution in [0.2, 0.25) is 0 Å². The second-order valence-electron chi connectivity index (χ2n) is 8.86. The standard InChI is InChI=1S/C27H27N5O2/c1-16-6-5-7-20(12-16)15-34-22-10-8-21(9-11-22)23-14-24(33)30-26-25(23)19(4)31-32(26)27-28-17(2)13-18(3)29-27/h5-13,23H,14-15H2,1-4H3,(H,30,33). The highest BCUT2D eigenvalue weighted by Crippen LogP contribution is 2.40. The summed E-state index contributed by atoms with van der Waals surface area (Å²) in [5, 5.41) is 7.69. The molecule has 3 heterocycles. The number of fused-ring (bicyclic) bond motifs is 1. The van der Waals surface area contributed by atoms with E-state index in [0.717, 1.165) is 39.5 Å². The molecule has 0 bridgehead atoms. The van der Waals surface area contributed by atoms with Crippen LogP contribution >= 0.6 is 0 Å². The Morgan fingerprint density at radius 2 is 1.74 bits per heavy atom. The highest BCUT2D eigenvalue weighted by Gasteiger charge is 2.33. The van der Waals surface area contributed by atoms with Crippen LogP contribution in [0.25, 0.3) is 5.95 Å². The van der Waals surface area contributed by atoms with E-state index in [1.165, 1.54) is 5.56 Å². The van der Waals surface area contributed by atoms with E-state index in [0.29, 0.717) is 24.8 Å². The molecule has 0 saturated carbocycles. The smallest absolute Gasteiger partial charge is 0.252 e. The lowest BCUT2D eigenvalue weighted by Gasteiger charge is -2.24. The van der Waals surface area contributed by atoms with Crippen molar-refractivity contribution in [1.29, 1.82) is 0 Å². The molecule has 34 heavy (non-hydrogen) atoms. The molecule has 0 aliphatic carbocycles. The van der Waals surface area contributed by atoms with Crippen LogP contribution in [-0.2, 0) is 11.4 Å². The van der Waals surface area contributed by atoms with E-state index in [-0.39, 0.29) is 11.8 Å². The fourth-order valence-electron chi connectivity index (χ4n) is 4.54. The Labute approximate surface area is 198 Å². The average molecular weight is 454 g/mol. The summed E-state index contributed by atoms with van der Waals surface area (Å²) in [5.74, 6) is 1.74. The molecule has 2 aromatic carbocycles. The number of ether oxygens (including phenoxy) is 1. The van der Waals surface area contributed by atoms with Gasteiger partial charge in [-0.25, -0.2) is 9.97 Å². The number of amides is 1. The minimum absolute atomic E-state index is 0.0530. The van der Waals surface area contributed by atoms with Crippen LogP contribution in [0.5, 0.6) is 5.75 Å². The van der Waals surface area contributed by atoms with Gasteiger partial charge in [0.25, 0.3) is 5.95 Å². The summed E-state index contributed by atoms with van der Waals surface area (Å²) in [6, 6.07) is 18.2. The first-order valence-electron chi connectivity index (χ1n) is 11.4. The van der Waals surface area contributed by atoms with Crippen molar-refractivity contribution in [3.05, 3.63) is 93.9 Å². The number of hydrogen-bond donors (Lipinski definition) is 1. The van der Waals surface area contributed by atoms with E-state index in [9.17, 15) is 4.79 Å². The summed E-state index contributed by atoms with van der Waals surface area (Å²) in [4.78, 5) is 21.7. The van der Waals surface area contributed by atoms with Crippen LogP contribution in [-0.4, -0.2) is 25.7 Å². The first-order valence-corrected chi connectivity index (χ1v) is 11.4.